The Morgan fingerprint density at radius 3 is 2.48 bits per heavy atom. The number of rotatable bonds is 10. The number of carbonyl (C=O) groups is 2. The highest BCUT2D eigenvalue weighted by atomic mass is 32.1. The van der Waals surface area contributed by atoms with Crippen molar-refractivity contribution in [2.45, 2.75) is 85.0 Å². The lowest BCUT2D eigenvalue weighted by atomic mass is 9.97. The number of carboxylic acids is 1. The summed E-state index contributed by atoms with van der Waals surface area (Å²) in [5.41, 5.74) is 0.532. The Kier molecular flexibility index (Phi) is 10.8. The number of likely N-dealkylation sites (tertiary alicyclic amines) is 1. The number of carboxylic acid groups (broad SMARTS) is 1. The number of aliphatic carboxylic acids is 1. The van der Waals surface area contributed by atoms with E-state index in [-0.39, 0.29) is 36.8 Å². The van der Waals surface area contributed by atoms with Crippen LogP contribution in [0.1, 0.15) is 84.4 Å². The SMILES string of the molecule is C.CCC[C@@H]1CCCN1Cc1sc(CC(=O)c2cnc(N3CCC(C(=O)O)CC3)cn2)nc1-c1ccc(C)c(C(F)(F)F)c1. The van der Waals surface area contributed by atoms with Crippen LogP contribution in [-0.4, -0.2) is 62.4 Å². The molecule has 3 aromatic rings. The Morgan fingerprint density at radius 1 is 1.09 bits per heavy atom. The fraction of sp³-hybridized carbons (Fsp3) is 0.531. The van der Waals surface area contributed by atoms with Gasteiger partial charge in [0, 0.05) is 36.1 Å². The highest BCUT2D eigenvalue weighted by molar-refractivity contribution is 7.12. The number of aromatic nitrogens is 3. The van der Waals surface area contributed by atoms with Gasteiger partial charge < -0.3 is 10.0 Å². The number of thiazole rings is 1. The van der Waals surface area contributed by atoms with Crippen LogP contribution < -0.4 is 4.90 Å². The van der Waals surface area contributed by atoms with Gasteiger partial charge in [-0.25, -0.2) is 15.0 Å². The van der Waals surface area contributed by atoms with E-state index in [0.29, 0.717) is 60.6 Å². The number of hydrogen-bond acceptors (Lipinski definition) is 8. The van der Waals surface area contributed by atoms with E-state index in [4.69, 9.17) is 4.98 Å². The predicted molar refractivity (Wildman–Crippen MR) is 165 cm³/mol. The zero-order chi connectivity index (χ0) is 30.7. The average molecular weight is 632 g/mol. The maximum Gasteiger partial charge on any atom is 0.416 e. The number of ketones is 1. The minimum atomic E-state index is -4.48. The van der Waals surface area contributed by atoms with Crippen LogP contribution in [0.4, 0.5) is 19.0 Å². The first-order chi connectivity index (χ1) is 20.5. The van der Waals surface area contributed by atoms with Crippen LogP contribution >= 0.6 is 11.3 Å². The summed E-state index contributed by atoms with van der Waals surface area (Å²) in [7, 11) is 0. The summed E-state index contributed by atoms with van der Waals surface area (Å²) < 4.78 is 41.3. The number of halogens is 3. The first-order valence-corrected chi connectivity index (χ1v) is 15.6. The topological polar surface area (TPSA) is 99.5 Å². The fourth-order valence-corrected chi connectivity index (χ4v) is 7.16. The third-order valence-corrected chi connectivity index (χ3v) is 9.47. The highest BCUT2D eigenvalue weighted by Gasteiger charge is 2.33. The lowest BCUT2D eigenvalue weighted by molar-refractivity contribution is -0.142. The van der Waals surface area contributed by atoms with Crippen molar-refractivity contribution in [2.24, 2.45) is 5.92 Å². The second-order valence-electron chi connectivity index (χ2n) is 11.4. The standard InChI is InChI=1S/C31H36F3N5O3S.CH4/c1-3-5-22-6-4-11-39(22)18-26-29(21-8-7-19(2)23(14-21)31(32,33)34)37-28(43-26)15-25(40)24-16-36-27(17-35-24)38-12-9-20(10-13-38)30(41)42;/h7-8,14,16-17,20,22H,3-6,9-13,15,18H2,1-2H3,(H,41,42);1H4/t22-;/m1./s1. The number of alkyl halides is 3. The van der Waals surface area contributed by atoms with Crippen LogP contribution in [0.3, 0.4) is 0 Å². The number of nitrogens with zero attached hydrogens (tertiary/aromatic N) is 5. The number of piperidine rings is 1. The zero-order valence-corrected chi connectivity index (χ0v) is 25.2. The monoisotopic (exact) mass is 631 g/mol. The molecule has 4 heterocycles. The van der Waals surface area contributed by atoms with Crippen molar-refractivity contribution in [1.29, 1.82) is 0 Å². The molecular weight excluding hydrogens is 591 g/mol. The molecule has 0 radical (unpaired) electrons. The molecule has 2 aliphatic rings. The largest absolute Gasteiger partial charge is 0.481 e. The second kappa shape index (κ2) is 14.2. The Morgan fingerprint density at radius 2 is 1.84 bits per heavy atom. The summed E-state index contributed by atoms with van der Waals surface area (Å²) in [6.45, 7) is 6.20. The molecule has 0 unspecified atom stereocenters. The van der Waals surface area contributed by atoms with Gasteiger partial charge >= 0.3 is 12.1 Å². The lowest BCUT2D eigenvalue weighted by Gasteiger charge is -2.30. The van der Waals surface area contributed by atoms with E-state index in [1.165, 1.54) is 36.7 Å². The summed E-state index contributed by atoms with van der Waals surface area (Å²) in [6.07, 6.45) is 3.78. The molecule has 2 aliphatic heterocycles. The van der Waals surface area contributed by atoms with Crippen molar-refractivity contribution in [3.05, 3.63) is 57.3 Å². The highest BCUT2D eigenvalue weighted by Crippen LogP contribution is 2.38. The summed E-state index contributed by atoms with van der Waals surface area (Å²) >= 11 is 1.37. The van der Waals surface area contributed by atoms with E-state index in [9.17, 15) is 27.9 Å². The van der Waals surface area contributed by atoms with Gasteiger partial charge in [-0.1, -0.05) is 32.9 Å². The van der Waals surface area contributed by atoms with Gasteiger partial charge in [-0.2, -0.15) is 13.2 Å². The van der Waals surface area contributed by atoms with Crippen LogP contribution in [0, 0.1) is 12.8 Å². The molecule has 0 amide bonds. The van der Waals surface area contributed by atoms with Gasteiger partial charge in [0.05, 0.1) is 36.0 Å². The van der Waals surface area contributed by atoms with Gasteiger partial charge in [0.15, 0.2) is 5.78 Å². The molecule has 0 aliphatic carbocycles. The van der Waals surface area contributed by atoms with E-state index in [2.05, 4.69) is 21.8 Å². The number of anilines is 1. The third kappa shape index (κ3) is 7.63. The minimum absolute atomic E-state index is 0. The van der Waals surface area contributed by atoms with Gasteiger partial charge in [-0.05, 0) is 57.2 Å². The summed E-state index contributed by atoms with van der Waals surface area (Å²) in [6, 6.07) is 4.74. The Hall–Kier alpha value is -3.38. The molecule has 1 N–H and O–H groups in total. The van der Waals surface area contributed by atoms with Crippen molar-refractivity contribution in [3.63, 3.8) is 0 Å². The fourth-order valence-electron chi connectivity index (χ4n) is 6.04. The predicted octanol–water partition coefficient (Wildman–Crippen LogP) is 7.05. The van der Waals surface area contributed by atoms with E-state index >= 15 is 0 Å². The van der Waals surface area contributed by atoms with E-state index in [0.717, 1.165) is 43.2 Å². The van der Waals surface area contributed by atoms with Gasteiger partial charge in [0.25, 0.3) is 0 Å². The molecule has 238 valence electrons. The molecule has 2 fully saturated rings. The summed E-state index contributed by atoms with van der Waals surface area (Å²) in [5.74, 6) is -0.836. The summed E-state index contributed by atoms with van der Waals surface area (Å²) in [5, 5.41) is 9.75. The first kappa shape index (κ1) is 33.5. The smallest absolute Gasteiger partial charge is 0.416 e. The van der Waals surface area contributed by atoms with Crippen molar-refractivity contribution >= 4 is 28.9 Å². The lowest BCUT2D eigenvalue weighted by Crippen LogP contribution is -2.36. The average Bonchev–Trinajstić information content (AvgIpc) is 3.59. The van der Waals surface area contributed by atoms with Crippen molar-refractivity contribution in [3.8, 4) is 11.3 Å². The van der Waals surface area contributed by atoms with Crippen LogP contribution in [0.5, 0.6) is 0 Å². The van der Waals surface area contributed by atoms with E-state index < -0.39 is 17.7 Å². The molecule has 1 atom stereocenters. The molecular formula is C32H40F3N5O3S. The van der Waals surface area contributed by atoms with Crippen molar-refractivity contribution < 1.29 is 27.9 Å². The van der Waals surface area contributed by atoms with Crippen LogP contribution in [-0.2, 0) is 23.9 Å². The molecule has 12 heteroatoms. The van der Waals surface area contributed by atoms with Crippen molar-refractivity contribution in [2.75, 3.05) is 24.5 Å². The summed E-state index contributed by atoms with van der Waals surface area (Å²) in [4.78, 5) is 43.1. The third-order valence-electron chi connectivity index (χ3n) is 8.43. The molecule has 0 spiro atoms. The molecule has 0 bridgehead atoms. The number of hydrogen-bond donors (Lipinski definition) is 1. The number of aryl methyl sites for hydroxylation is 1. The van der Waals surface area contributed by atoms with E-state index in [1.54, 1.807) is 6.07 Å². The molecule has 1 aromatic carbocycles. The normalized spacial score (nSPS) is 17.9. The molecule has 2 saturated heterocycles. The molecule has 0 saturated carbocycles. The van der Waals surface area contributed by atoms with E-state index in [1.807, 2.05) is 4.90 Å². The molecule has 8 nitrogen and oxygen atoms in total. The molecule has 5 rings (SSSR count). The maximum absolute atomic E-state index is 13.8. The van der Waals surface area contributed by atoms with Gasteiger partial charge in [0.2, 0.25) is 0 Å². The van der Waals surface area contributed by atoms with Crippen LogP contribution in [0.2, 0.25) is 0 Å². The number of benzene rings is 1. The zero-order valence-electron chi connectivity index (χ0n) is 24.4. The Labute approximate surface area is 260 Å². The number of carbonyl (C=O) groups excluding carboxylic acids is 1. The number of Topliss-reactive ketones (excluding diaryl/α,β-unsaturated/α-hetero) is 1. The van der Waals surface area contributed by atoms with Crippen LogP contribution in [0.15, 0.2) is 30.6 Å². The Balaban J connectivity index is 0.00000442. The van der Waals surface area contributed by atoms with Crippen molar-refractivity contribution in [1.82, 2.24) is 19.9 Å². The van der Waals surface area contributed by atoms with Gasteiger partial charge in [-0.15, -0.1) is 11.3 Å². The quantitative estimate of drug-likeness (QED) is 0.238. The Bertz CT molecular complexity index is 1450. The second-order valence-corrected chi connectivity index (χ2v) is 12.6. The maximum atomic E-state index is 13.8. The molecule has 2 aromatic heterocycles. The van der Waals surface area contributed by atoms with Gasteiger partial charge in [0.1, 0.15) is 16.5 Å². The van der Waals surface area contributed by atoms with Gasteiger partial charge in [-0.3, -0.25) is 14.5 Å². The van der Waals surface area contributed by atoms with Crippen LogP contribution in [0.25, 0.3) is 11.3 Å². The first-order valence-electron chi connectivity index (χ1n) is 14.8. The minimum Gasteiger partial charge on any atom is -0.481 e. The molecule has 44 heavy (non-hydrogen) atoms.